The quantitative estimate of drug-likeness (QED) is 0.332. The van der Waals surface area contributed by atoms with E-state index >= 15 is 0 Å². The Morgan fingerprint density at radius 3 is 2.50 bits per heavy atom. The fraction of sp³-hybridized carbons (Fsp3) is 0.208. The normalized spacial score (nSPS) is 11.5. The van der Waals surface area contributed by atoms with Crippen molar-refractivity contribution in [3.8, 4) is 11.5 Å². The summed E-state index contributed by atoms with van der Waals surface area (Å²) in [6.45, 7) is -0.311. The van der Waals surface area contributed by atoms with Gasteiger partial charge in [0, 0.05) is 30.6 Å². The monoisotopic (exact) mass is 482 g/mol. The molecule has 10 heteroatoms. The molecule has 0 radical (unpaired) electrons. The van der Waals surface area contributed by atoms with Gasteiger partial charge in [-0.1, -0.05) is 36.4 Å². The Labute approximate surface area is 199 Å². The van der Waals surface area contributed by atoms with Gasteiger partial charge in [-0.3, -0.25) is 9.78 Å². The lowest BCUT2D eigenvalue weighted by molar-refractivity contribution is -0.121. The number of sulfonamides is 1. The molecule has 178 valence electrons. The summed E-state index contributed by atoms with van der Waals surface area (Å²) in [5.74, 6) is 0.106. The summed E-state index contributed by atoms with van der Waals surface area (Å²) in [6.07, 6.45) is 5.07. The number of nitrogens with one attached hydrogen (secondary N) is 1. The van der Waals surface area contributed by atoms with Crippen molar-refractivity contribution in [1.29, 1.82) is 0 Å². The van der Waals surface area contributed by atoms with Gasteiger partial charge >= 0.3 is 0 Å². The maximum atomic E-state index is 13.5. The first kappa shape index (κ1) is 24.9. The summed E-state index contributed by atoms with van der Waals surface area (Å²) >= 11 is 0. The predicted octanol–water partition coefficient (Wildman–Crippen LogP) is 2.48. The number of ether oxygens (including phenoxy) is 2. The molecule has 0 aliphatic rings. The topological polar surface area (TPSA) is 110 Å². The first-order valence-corrected chi connectivity index (χ1v) is 11.9. The highest BCUT2D eigenvalue weighted by atomic mass is 32.2. The number of nitrogens with zero attached hydrogens (tertiary/aromatic N) is 3. The Bertz CT molecular complexity index is 1220. The molecule has 3 aromatic rings. The highest BCUT2D eigenvalue weighted by Crippen LogP contribution is 2.30. The second kappa shape index (κ2) is 11.9. The SMILES string of the molecule is COc1ccc(S(=O)(=O)N(CCc2ccccc2)CC(=O)N/N=C\c2cccnc2)cc1OC. The van der Waals surface area contributed by atoms with E-state index in [2.05, 4.69) is 15.5 Å². The number of methoxy groups -OCH3 is 2. The van der Waals surface area contributed by atoms with Crippen molar-refractivity contribution >= 4 is 22.1 Å². The number of carbonyl (C=O) groups excluding carboxylic acids is 1. The third-order valence-electron chi connectivity index (χ3n) is 4.89. The smallest absolute Gasteiger partial charge is 0.255 e. The van der Waals surface area contributed by atoms with Crippen LogP contribution in [0, 0.1) is 0 Å². The molecule has 1 heterocycles. The summed E-state index contributed by atoms with van der Waals surface area (Å²) in [5.41, 5.74) is 4.02. The van der Waals surface area contributed by atoms with Gasteiger partial charge in [-0.2, -0.15) is 9.41 Å². The van der Waals surface area contributed by atoms with Gasteiger partial charge in [0.25, 0.3) is 5.91 Å². The minimum Gasteiger partial charge on any atom is -0.493 e. The third kappa shape index (κ3) is 6.63. The molecule has 9 nitrogen and oxygen atoms in total. The second-order valence-electron chi connectivity index (χ2n) is 7.17. The van der Waals surface area contributed by atoms with E-state index < -0.39 is 22.5 Å². The predicted molar refractivity (Wildman–Crippen MR) is 128 cm³/mol. The third-order valence-corrected chi connectivity index (χ3v) is 6.73. The largest absolute Gasteiger partial charge is 0.493 e. The first-order valence-electron chi connectivity index (χ1n) is 10.4. The number of hydrogen-bond donors (Lipinski definition) is 1. The molecule has 1 N–H and O–H groups in total. The van der Waals surface area contributed by atoms with Crippen LogP contribution in [0.3, 0.4) is 0 Å². The molecule has 2 aromatic carbocycles. The van der Waals surface area contributed by atoms with E-state index in [9.17, 15) is 13.2 Å². The number of carbonyl (C=O) groups is 1. The number of benzene rings is 2. The molecule has 0 atom stereocenters. The van der Waals surface area contributed by atoms with E-state index in [4.69, 9.17) is 9.47 Å². The molecule has 0 saturated heterocycles. The zero-order valence-corrected chi connectivity index (χ0v) is 19.7. The van der Waals surface area contributed by atoms with Crippen LogP contribution in [-0.4, -0.2) is 57.1 Å². The van der Waals surface area contributed by atoms with Crippen LogP contribution < -0.4 is 14.9 Å². The minimum absolute atomic E-state index is 0.00938. The molecular weight excluding hydrogens is 456 g/mol. The number of amides is 1. The van der Waals surface area contributed by atoms with Crippen LogP contribution in [-0.2, 0) is 21.2 Å². The van der Waals surface area contributed by atoms with Gasteiger partial charge in [0.2, 0.25) is 10.0 Å². The Morgan fingerprint density at radius 1 is 1.06 bits per heavy atom. The fourth-order valence-corrected chi connectivity index (χ4v) is 4.55. The minimum atomic E-state index is -4.03. The summed E-state index contributed by atoms with van der Waals surface area (Å²) in [4.78, 5) is 16.5. The summed E-state index contributed by atoms with van der Waals surface area (Å²) < 4.78 is 38.5. The fourth-order valence-electron chi connectivity index (χ4n) is 3.14. The number of hydrogen-bond acceptors (Lipinski definition) is 7. The highest BCUT2D eigenvalue weighted by Gasteiger charge is 2.27. The van der Waals surface area contributed by atoms with Crippen molar-refractivity contribution in [2.75, 3.05) is 27.3 Å². The van der Waals surface area contributed by atoms with Gasteiger partial charge in [-0.25, -0.2) is 13.8 Å². The summed E-state index contributed by atoms with van der Waals surface area (Å²) in [7, 11) is -1.13. The van der Waals surface area contributed by atoms with Gasteiger partial charge in [0.1, 0.15) is 0 Å². The van der Waals surface area contributed by atoms with Crippen LogP contribution in [0.25, 0.3) is 0 Å². The molecule has 0 spiro atoms. The van der Waals surface area contributed by atoms with Crippen LogP contribution in [0.2, 0.25) is 0 Å². The lowest BCUT2D eigenvalue weighted by Crippen LogP contribution is -2.40. The summed E-state index contributed by atoms with van der Waals surface area (Å²) in [6, 6.07) is 17.3. The van der Waals surface area contributed by atoms with Crippen molar-refractivity contribution in [2.24, 2.45) is 5.10 Å². The van der Waals surface area contributed by atoms with Gasteiger partial charge in [0.15, 0.2) is 11.5 Å². The van der Waals surface area contributed by atoms with E-state index in [0.29, 0.717) is 17.7 Å². The Hall–Kier alpha value is -3.76. The molecule has 34 heavy (non-hydrogen) atoms. The molecule has 0 unspecified atom stereocenters. The number of pyridine rings is 1. The van der Waals surface area contributed by atoms with Gasteiger partial charge in [-0.05, 0) is 30.2 Å². The molecule has 0 aliphatic heterocycles. The van der Waals surface area contributed by atoms with Crippen LogP contribution in [0.15, 0.2) is 83.1 Å². The van der Waals surface area contributed by atoms with Crippen LogP contribution in [0.1, 0.15) is 11.1 Å². The molecule has 0 saturated carbocycles. The zero-order chi connectivity index (χ0) is 24.4. The van der Waals surface area contributed by atoms with Crippen molar-refractivity contribution in [2.45, 2.75) is 11.3 Å². The average molecular weight is 483 g/mol. The zero-order valence-electron chi connectivity index (χ0n) is 18.9. The lowest BCUT2D eigenvalue weighted by Gasteiger charge is -2.22. The van der Waals surface area contributed by atoms with E-state index in [1.807, 2.05) is 30.3 Å². The molecular formula is C24H26N4O5S. The van der Waals surface area contributed by atoms with Crippen molar-refractivity contribution in [3.05, 3.63) is 84.2 Å². The van der Waals surface area contributed by atoms with Gasteiger partial charge in [0.05, 0.1) is 31.9 Å². The van der Waals surface area contributed by atoms with E-state index in [1.165, 1.54) is 38.6 Å². The van der Waals surface area contributed by atoms with E-state index in [-0.39, 0.29) is 17.2 Å². The highest BCUT2D eigenvalue weighted by molar-refractivity contribution is 7.89. The maximum Gasteiger partial charge on any atom is 0.255 e. The second-order valence-corrected chi connectivity index (χ2v) is 9.11. The van der Waals surface area contributed by atoms with Crippen LogP contribution in [0.5, 0.6) is 11.5 Å². The molecule has 0 bridgehead atoms. The molecule has 0 fully saturated rings. The average Bonchev–Trinajstić information content (AvgIpc) is 2.87. The van der Waals surface area contributed by atoms with E-state index in [1.54, 1.807) is 24.5 Å². The van der Waals surface area contributed by atoms with Crippen molar-refractivity contribution in [3.63, 3.8) is 0 Å². The number of aromatic nitrogens is 1. The van der Waals surface area contributed by atoms with Crippen LogP contribution in [0.4, 0.5) is 0 Å². The Kier molecular flexibility index (Phi) is 8.72. The number of hydrazone groups is 1. The molecule has 0 aliphatic carbocycles. The summed E-state index contributed by atoms with van der Waals surface area (Å²) in [5, 5.41) is 3.90. The maximum absolute atomic E-state index is 13.5. The first-order chi connectivity index (χ1) is 16.4. The van der Waals surface area contributed by atoms with Crippen molar-refractivity contribution in [1.82, 2.24) is 14.7 Å². The Balaban J connectivity index is 1.80. The molecule has 1 amide bonds. The Morgan fingerprint density at radius 2 is 1.82 bits per heavy atom. The lowest BCUT2D eigenvalue weighted by atomic mass is 10.1. The number of rotatable bonds is 11. The van der Waals surface area contributed by atoms with Gasteiger partial charge < -0.3 is 9.47 Å². The van der Waals surface area contributed by atoms with Crippen LogP contribution >= 0.6 is 0 Å². The molecule has 3 rings (SSSR count). The van der Waals surface area contributed by atoms with E-state index in [0.717, 1.165) is 9.87 Å². The standard InChI is InChI=1S/C24H26N4O5S/c1-32-22-11-10-21(15-23(22)33-2)34(30,31)28(14-12-19-7-4-3-5-8-19)18-24(29)27-26-17-20-9-6-13-25-16-20/h3-11,13,15-17H,12,14,18H2,1-2H3,(H,27,29)/b26-17-. The molecule has 1 aromatic heterocycles. The van der Waals surface area contributed by atoms with Crippen molar-refractivity contribution < 1.29 is 22.7 Å². The van der Waals surface area contributed by atoms with Gasteiger partial charge in [-0.15, -0.1) is 0 Å².